The SMILES string of the molecule is CCOC(=O)c1ccc(CN/C=C(/C#N)C(=O)NCc2ccc(Cl)cc2)cc1. The molecule has 2 aromatic carbocycles. The van der Waals surface area contributed by atoms with Crippen LogP contribution < -0.4 is 10.6 Å². The average molecular weight is 398 g/mol. The van der Waals surface area contributed by atoms with E-state index in [1.54, 1.807) is 55.5 Å². The number of hydrogen-bond acceptors (Lipinski definition) is 5. The maximum absolute atomic E-state index is 12.1. The maximum atomic E-state index is 12.1. The van der Waals surface area contributed by atoms with Gasteiger partial charge in [-0.15, -0.1) is 0 Å². The van der Waals surface area contributed by atoms with Crippen LogP contribution in [0.4, 0.5) is 0 Å². The highest BCUT2D eigenvalue weighted by Gasteiger charge is 2.09. The van der Waals surface area contributed by atoms with E-state index >= 15 is 0 Å². The lowest BCUT2D eigenvalue weighted by molar-refractivity contribution is -0.117. The molecule has 0 unspecified atom stereocenters. The number of benzene rings is 2. The largest absolute Gasteiger partial charge is 0.462 e. The molecule has 0 bridgehead atoms. The summed E-state index contributed by atoms with van der Waals surface area (Å²) >= 11 is 5.82. The zero-order valence-electron chi connectivity index (χ0n) is 15.4. The van der Waals surface area contributed by atoms with Gasteiger partial charge in [0.05, 0.1) is 12.2 Å². The number of halogens is 1. The van der Waals surface area contributed by atoms with Gasteiger partial charge in [-0.2, -0.15) is 5.26 Å². The van der Waals surface area contributed by atoms with Gasteiger partial charge >= 0.3 is 5.97 Å². The molecule has 0 spiro atoms. The van der Waals surface area contributed by atoms with Crippen molar-refractivity contribution in [3.05, 3.63) is 82.0 Å². The highest BCUT2D eigenvalue weighted by Crippen LogP contribution is 2.09. The molecule has 2 N–H and O–H groups in total. The molecule has 2 aromatic rings. The standard InChI is InChI=1S/C21H20ClN3O3/c1-2-28-21(27)17-7-3-15(4-8-17)12-24-14-18(11-23)20(26)25-13-16-5-9-19(22)10-6-16/h3-10,14,24H,2,12-13H2,1H3,(H,25,26)/b18-14-. The van der Waals surface area contributed by atoms with E-state index in [4.69, 9.17) is 16.3 Å². The van der Waals surface area contributed by atoms with Crippen LogP contribution in [0.2, 0.25) is 5.02 Å². The van der Waals surface area contributed by atoms with Crippen molar-refractivity contribution in [3.8, 4) is 6.07 Å². The summed E-state index contributed by atoms with van der Waals surface area (Å²) in [7, 11) is 0. The predicted octanol–water partition coefficient (Wildman–Crippen LogP) is 3.33. The van der Waals surface area contributed by atoms with Gasteiger partial charge in [0.25, 0.3) is 5.91 Å². The summed E-state index contributed by atoms with van der Waals surface area (Å²) in [5, 5.41) is 15.4. The molecule has 2 rings (SSSR count). The molecule has 7 heteroatoms. The molecule has 0 heterocycles. The smallest absolute Gasteiger partial charge is 0.338 e. The molecule has 0 saturated heterocycles. The van der Waals surface area contributed by atoms with Crippen LogP contribution in [0, 0.1) is 11.3 Å². The molecule has 1 amide bonds. The number of nitriles is 1. The Morgan fingerprint density at radius 3 is 2.29 bits per heavy atom. The Hall–Kier alpha value is -3.30. The van der Waals surface area contributed by atoms with Crippen molar-refractivity contribution < 1.29 is 14.3 Å². The molecule has 0 aromatic heterocycles. The molecule has 0 aliphatic rings. The van der Waals surface area contributed by atoms with E-state index in [1.807, 2.05) is 6.07 Å². The molecule has 0 aliphatic heterocycles. The maximum Gasteiger partial charge on any atom is 0.338 e. The summed E-state index contributed by atoms with van der Waals surface area (Å²) in [5.41, 5.74) is 2.21. The molecule has 0 aliphatic carbocycles. The fourth-order valence-corrected chi connectivity index (χ4v) is 2.40. The number of ether oxygens (including phenoxy) is 1. The first-order valence-corrected chi connectivity index (χ1v) is 9.03. The van der Waals surface area contributed by atoms with Crippen molar-refractivity contribution in [1.82, 2.24) is 10.6 Å². The number of hydrogen-bond donors (Lipinski definition) is 2. The minimum atomic E-state index is -0.470. The lowest BCUT2D eigenvalue weighted by atomic mass is 10.1. The number of rotatable bonds is 8. The van der Waals surface area contributed by atoms with Crippen LogP contribution in [-0.2, 0) is 22.6 Å². The zero-order chi connectivity index (χ0) is 20.4. The Balaban J connectivity index is 1.86. The second kappa shape index (κ2) is 10.8. The Labute approximate surface area is 168 Å². The van der Waals surface area contributed by atoms with E-state index in [0.717, 1.165) is 11.1 Å². The van der Waals surface area contributed by atoms with Crippen LogP contribution in [0.3, 0.4) is 0 Å². The lowest BCUT2D eigenvalue weighted by Gasteiger charge is -2.06. The van der Waals surface area contributed by atoms with Crippen LogP contribution >= 0.6 is 11.6 Å². The topological polar surface area (TPSA) is 91.2 Å². The van der Waals surface area contributed by atoms with Crippen molar-refractivity contribution >= 4 is 23.5 Å². The second-order valence-corrected chi connectivity index (χ2v) is 6.21. The number of carbonyl (C=O) groups excluding carboxylic acids is 2. The molecule has 0 saturated carbocycles. The number of nitrogens with zero attached hydrogens (tertiary/aromatic N) is 1. The first kappa shape index (κ1) is 21.0. The van der Waals surface area contributed by atoms with E-state index in [0.29, 0.717) is 30.3 Å². The normalized spacial score (nSPS) is 10.7. The third-order valence-corrected chi connectivity index (χ3v) is 4.00. The number of carbonyl (C=O) groups is 2. The Morgan fingerprint density at radius 2 is 1.68 bits per heavy atom. The van der Waals surface area contributed by atoms with Crippen molar-refractivity contribution in [2.24, 2.45) is 0 Å². The van der Waals surface area contributed by atoms with Crippen LogP contribution in [0.5, 0.6) is 0 Å². The third kappa shape index (κ3) is 6.45. The Bertz CT molecular complexity index is 885. The monoisotopic (exact) mass is 397 g/mol. The van der Waals surface area contributed by atoms with Crippen LogP contribution in [-0.4, -0.2) is 18.5 Å². The molecular weight excluding hydrogens is 378 g/mol. The van der Waals surface area contributed by atoms with Crippen molar-refractivity contribution in [2.75, 3.05) is 6.61 Å². The van der Waals surface area contributed by atoms with Crippen LogP contribution in [0.15, 0.2) is 60.3 Å². The van der Waals surface area contributed by atoms with Crippen LogP contribution in [0.25, 0.3) is 0 Å². The van der Waals surface area contributed by atoms with E-state index in [9.17, 15) is 14.9 Å². The quantitative estimate of drug-likeness (QED) is 0.405. The van der Waals surface area contributed by atoms with E-state index < -0.39 is 5.91 Å². The van der Waals surface area contributed by atoms with Gasteiger partial charge in [0.2, 0.25) is 0 Å². The summed E-state index contributed by atoms with van der Waals surface area (Å²) in [6, 6.07) is 15.8. The molecule has 0 radical (unpaired) electrons. The van der Waals surface area contributed by atoms with Gasteiger partial charge in [0.1, 0.15) is 11.6 Å². The van der Waals surface area contributed by atoms with Crippen molar-refractivity contribution in [3.63, 3.8) is 0 Å². The molecule has 6 nitrogen and oxygen atoms in total. The minimum Gasteiger partial charge on any atom is -0.462 e. The predicted molar refractivity (Wildman–Crippen MR) is 106 cm³/mol. The summed E-state index contributed by atoms with van der Waals surface area (Å²) < 4.78 is 4.93. The van der Waals surface area contributed by atoms with Gasteiger partial charge < -0.3 is 15.4 Å². The van der Waals surface area contributed by atoms with Gasteiger partial charge in [-0.1, -0.05) is 35.9 Å². The number of esters is 1. The fourth-order valence-electron chi connectivity index (χ4n) is 2.27. The Morgan fingerprint density at radius 1 is 1.07 bits per heavy atom. The Kier molecular flexibility index (Phi) is 8.07. The molecule has 144 valence electrons. The van der Waals surface area contributed by atoms with E-state index in [1.165, 1.54) is 6.20 Å². The summed E-state index contributed by atoms with van der Waals surface area (Å²) in [6.45, 7) is 2.77. The highest BCUT2D eigenvalue weighted by atomic mass is 35.5. The van der Waals surface area contributed by atoms with Gasteiger partial charge in [-0.3, -0.25) is 4.79 Å². The van der Waals surface area contributed by atoms with E-state index in [-0.39, 0.29) is 11.5 Å². The molecular formula is C21H20ClN3O3. The first-order chi connectivity index (χ1) is 13.5. The highest BCUT2D eigenvalue weighted by molar-refractivity contribution is 6.30. The van der Waals surface area contributed by atoms with Gasteiger partial charge in [-0.05, 0) is 42.3 Å². The average Bonchev–Trinajstić information content (AvgIpc) is 2.71. The molecule has 0 fully saturated rings. The van der Waals surface area contributed by atoms with Gasteiger partial charge in [0, 0.05) is 24.3 Å². The zero-order valence-corrected chi connectivity index (χ0v) is 16.1. The van der Waals surface area contributed by atoms with E-state index in [2.05, 4.69) is 10.6 Å². The summed E-state index contributed by atoms with van der Waals surface area (Å²) in [4.78, 5) is 23.7. The minimum absolute atomic E-state index is 0.0305. The summed E-state index contributed by atoms with van der Waals surface area (Å²) in [5.74, 6) is -0.839. The van der Waals surface area contributed by atoms with Crippen molar-refractivity contribution in [1.29, 1.82) is 5.26 Å². The lowest BCUT2D eigenvalue weighted by Crippen LogP contribution is -2.25. The van der Waals surface area contributed by atoms with Crippen LogP contribution in [0.1, 0.15) is 28.4 Å². The number of nitrogens with one attached hydrogen (secondary N) is 2. The second-order valence-electron chi connectivity index (χ2n) is 5.78. The molecule has 28 heavy (non-hydrogen) atoms. The first-order valence-electron chi connectivity index (χ1n) is 8.66. The number of amides is 1. The van der Waals surface area contributed by atoms with Crippen molar-refractivity contribution in [2.45, 2.75) is 20.0 Å². The third-order valence-electron chi connectivity index (χ3n) is 3.75. The van der Waals surface area contributed by atoms with Gasteiger partial charge in [0.15, 0.2) is 0 Å². The fraction of sp³-hybridized carbons (Fsp3) is 0.190. The van der Waals surface area contributed by atoms with Gasteiger partial charge in [-0.25, -0.2) is 4.79 Å². The molecule has 0 atom stereocenters. The summed E-state index contributed by atoms with van der Waals surface area (Å²) in [6.07, 6.45) is 1.37.